The lowest BCUT2D eigenvalue weighted by molar-refractivity contribution is 0.0684. The van der Waals surface area contributed by atoms with Crippen molar-refractivity contribution in [2.45, 2.75) is 6.92 Å². The molecule has 0 saturated heterocycles. The van der Waals surface area contributed by atoms with Crippen LogP contribution in [0.4, 0.5) is 0 Å². The Kier molecular flexibility index (Phi) is 3.88. The Hall–Kier alpha value is -2.90. The van der Waals surface area contributed by atoms with Gasteiger partial charge >= 0.3 is 5.97 Å². The first-order valence-corrected chi connectivity index (χ1v) is 6.01. The summed E-state index contributed by atoms with van der Waals surface area (Å²) in [6.07, 6.45) is 1.78. The van der Waals surface area contributed by atoms with E-state index >= 15 is 0 Å². The minimum absolute atomic E-state index is 0.0233. The summed E-state index contributed by atoms with van der Waals surface area (Å²) in [6, 6.07) is 1.39. The first kappa shape index (κ1) is 14.5. The quantitative estimate of drug-likeness (QED) is 0.816. The predicted octanol–water partition coefficient (Wildman–Crippen LogP) is 0.950. The molecule has 2 rings (SSSR count). The Balaban J connectivity index is 2.78. The van der Waals surface area contributed by atoms with Gasteiger partial charge in [-0.15, -0.1) is 0 Å². The molecule has 0 atom stereocenters. The SMILES string of the molecule is CCOc1c(C(=O)O)nc(-c2occc2C=O)n(C)c1=O. The number of aromatic nitrogens is 2. The van der Waals surface area contributed by atoms with E-state index in [0.717, 1.165) is 4.57 Å². The highest BCUT2D eigenvalue weighted by Crippen LogP contribution is 2.23. The number of hydrogen-bond donors (Lipinski definition) is 1. The van der Waals surface area contributed by atoms with Crippen LogP contribution in [0.1, 0.15) is 27.8 Å². The zero-order valence-corrected chi connectivity index (χ0v) is 11.3. The number of hydrogen-bond acceptors (Lipinski definition) is 6. The summed E-state index contributed by atoms with van der Waals surface area (Å²) in [6.45, 7) is 1.74. The van der Waals surface area contributed by atoms with Gasteiger partial charge in [-0.05, 0) is 13.0 Å². The van der Waals surface area contributed by atoms with E-state index in [1.54, 1.807) is 6.92 Å². The van der Waals surface area contributed by atoms with Crippen LogP contribution in [0, 0.1) is 0 Å². The summed E-state index contributed by atoms with van der Waals surface area (Å²) < 4.78 is 11.3. The number of rotatable bonds is 5. The third-order valence-corrected chi connectivity index (χ3v) is 2.77. The molecule has 8 heteroatoms. The lowest BCUT2D eigenvalue weighted by Gasteiger charge is -2.11. The zero-order valence-electron chi connectivity index (χ0n) is 11.3. The summed E-state index contributed by atoms with van der Waals surface area (Å²) >= 11 is 0. The van der Waals surface area contributed by atoms with Gasteiger partial charge in [0, 0.05) is 7.05 Å². The molecule has 0 saturated carbocycles. The normalized spacial score (nSPS) is 10.4. The number of nitrogens with zero attached hydrogens (tertiary/aromatic N) is 2. The molecule has 21 heavy (non-hydrogen) atoms. The molecule has 0 aliphatic carbocycles. The first-order chi connectivity index (χ1) is 10.0. The number of aromatic carboxylic acids is 1. The van der Waals surface area contributed by atoms with Gasteiger partial charge < -0.3 is 14.3 Å². The topological polar surface area (TPSA) is 112 Å². The molecule has 2 aromatic heterocycles. The highest BCUT2D eigenvalue weighted by molar-refractivity contribution is 5.89. The Morgan fingerprint density at radius 1 is 1.57 bits per heavy atom. The van der Waals surface area contributed by atoms with Crippen molar-refractivity contribution in [2.24, 2.45) is 7.05 Å². The maximum atomic E-state index is 12.2. The minimum atomic E-state index is -1.41. The van der Waals surface area contributed by atoms with Crippen LogP contribution >= 0.6 is 0 Å². The predicted molar refractivity (Wildman–Crippen MR) is 70.7 cm³/mol. The van der Waals surface area contributed by atoms with Crippen molar-refractivity contribution in [3.8, 4) is 17.3 Å². The number of carbonyl (C=O) groups is 2. The minimum Gasteiger partial charge on any atom is -0.486 e. The average Bonchev–Trinajstić information content (AvgIpc) is 2.92. The standard InChI is InChI=1S/C13H12N2O6/c1-3-20-10-8(13(18)19)14-11(15(2)12(10)17)9-7(6-16)4-5-21-9/h4-6H,3H2,1-2H3,(H,18,19). The van der Waals surface area contributed by atoms with Crippen LogP contribution < -0.4 is 10.3 Å². The molecule has 2 heterocycles. The van der Waals surface area contributed by atoms with Gasteiger partial charge in [-0.1, -0.05) is 0 Å². The number of ether oxygens (including phenoxy) is 1. The third-order valence-electron chi connectivity index (χ3n) is 2.77. The molecule has 0 spiro atoms. The van der Waals surface area contributed by atoms with Gasteiger partial charge in [0.2, 0.25) is 5.75 Å². The molecule has 0 fully saturated rings. The highest BCUT2D eigenvalue weighted by Gasteiger charge is 2.24. The molecule has 0 unspecified atom stereocenters. The maximum absolute atomic E-state index is 12.2. The van der Waals surface area contributed by atoms with Crippen molar-refractivity contribution in [2.75, 3.05) is 6.61 Å². The van der Waals surface area contributed by atoms with Gasteiger partial charge in [0.1, 0.15) is 0 Å². The van der Waals surface area contributed by atoms with Crippen LogP contribution in [0.15, 0.2) is 21.5 Å². The van der Waals surface area contributed by atoms with E-state index in [1.165, 1.54) is 19.4 Å². The van der Waals surface area contributed by atoms with Crippen LogP contribution in [-0.4, -0.2) is 33.5 Å². The van der Waals surface area contributed by atoms with Gasteiger partial charge in [0.25, 0.3) is 5.56 Å². The molecule has 1 N–H and O–H groups in total. The van der Waals surface area contributed by atoms with Crippen LogP contribution in [-0.2, 0) is 7.05 Å². The van der Waals surface area contributed by atoms with Crippen molar-refractivity contribution in [1.29, 1.82) is 0 Å². The number of carboxylic acid groups (broad SMARTS) is 1. The maximum Gasteiger partial charge on any atom is 0.358 e. The molecule has 0 aliphatic heterocycles. The number of furan rings is 1. The Morgan fingerprint density at radius 2 is 2.29 bits per heavy atom. The molecule has 2 aromatic rings. The summed E-state index contributed by atoms with van der Waals surface area (Å²) in [5.41, 5.74) is -1.03. The van der Waals surface area contributed by atoms with E-state index in [-0.39, 0.29) is 29.5 Å². The van der Waals surface area contributed by atoms with E-state index in [0.29, 0.717) is 6.29 Å². The van der Waals surface area contributed by atoms with Gasteiger partial charge in [0.05, 0.1) is 18.4 Å². The van der Waals surface area contributed by atoms with Gasteiger partial charge in [-0.25, -0.2) is 9.78 Å². The average molecular weight is 292 g/mol. The van der Waals surface area contributed by atoms with E-state index in [9.17, 15) is 14.4 Å². The largest absolute Gasteiger partial charge is 0.486 e. The highest BCUT2D eigenvalue weighted by atomic mass is 16.5. The second-order valence-corrected chi connectivity index (χ2v) is 4.04. The van der Waals surface area contributed by atoms with E-state index in [4.69, 9.17) is 14.3 Å². The van der Waals surface area contributed by atoms with Crippen molar-refractivity contribution in [3.05, 3.63) is 33.9 Å². The van der Waals surface area contributed by atoms with Crippen molar-refractivity contribution >= 4 is 12.3 Å². The first-order valence-electron chi connectivity index (χ1n) is 6.01. The smallest absolute Gasteiger partial charge is 0.358 e. The summed E-state index contributed by atoms with van der Waals surface area (Å²) in [5, 5.41) is 9.17. The molecule has 0 radical (unpaired) electrons. The lowest BCUT2D eigenvalue weighted by Crippen LogP contribution is -2.26. The van der Waals surface area contributed by atoms with Crippen molar-refractivity contribution in [1.82, 2.24) is 9.55 Å². The Bertz CT molecular complexity index is 759. The number of carboxylic acids is 1. The summed E-state index contributed by atoms with van der Waals surface area (Å²) in [4.78, 5) is 38.3. The number of carbonyl (C=O) groups excluding carboxylic acids is 1. The second kappa shape index (κ2) is 5.61. The molecule has 110 valence electrons. The fraction of sp³-hybridized carbons (Fsp3) is 0.231. The molecular formula is C13H12N2O6. The van der Waals surface area contributed by atoms with Crippen molar-refractivity contribution in [3.63, 3.8) is 0 Å². The third kappa shape index (κ3) is 2.42. The zero-order chi connectivity index (χ0) is 15.6. The van der Waals surface area contributed by atoms with Crippen LogP contribution in [0.5, 0.6) is 5.75 Å². The van der Waals surface area contributed by atoms with E-state index < -0.39 is 17.2 Å². The van der Waals surface area contributed by atoms with Gasteiger partial charge in [-0.3, -0.25) is 14.2 Å². The molecule has 0 bridgehead atoms. The Morgan fingerprint density at radius 3 is 2.86 bits per heavy atom. The monoisotopic (exact) mass is 292 g/mol. The van der Waals surface area contributed by atoms with Gasteiger partial charge in [-0.2, -0.15) is 0 Å². The molecule has 0 aliphatic rings. The summed E-state index contributed by atoms with van der Waals surface area (Å²) in [7, 11) is 1.38. The molecule has 0 aromatic carbocycles. The fourth-order valence-electron chi connectivity index (χ4n) is 1.80. The molecular weight excluding hydrogens is 280 g/mol. The van der Waals surface area contributed by atoms with Crippen molar-refractivity contribution < 1.29 is 23.8 Å². The second-order valence-electron chi connectivity index (χ2n) is 4.04. The molecule has 0 amide bonds. The fourth-order valence-corrected chi connectivity index (χ4v) is 1.80. The van der Waals surface area contributed by atoms with E-state index in [2.05, 4.69) is 4.98 Å². The van der Waals surface area contributed by atoms with Crippen LogP contribution in [0.3, 0.4) is 0 Å². The molecule has 8 nitrogen and oxygen atoms in total. The Labute approximate surface area is 118 Å². The van der Waals surface area contributed by atoms with Gasteiger partial charge in [0.15, 0.2) is 23.6 Å². The lowest BCUT2D eigenvalue weighted by atomic mass is 10.2. The number of aldehydes is 1. The van der Waals surface area contributed by atoms with Crippen LogP contribution in [0.25, 0.3) is 11.6 Å². The van der Waals surface area contributed by atoms with E-state index in [1.807, 2.05) is 0 Å². The summed E-state index contributed by atoms with van der Waals surface area (Å²) in [5.74, 6) is -1.80. The van der Waals surface area contributed by atoms with Crippen LogP contribution in [0.2, 0.25) is 0 Å².